The number of hydrogen-bond acceptors (Lipinski definition) is 4. The molecule has 24 heavy (non-hydrogen) atoms. The average Bonchev–Trinajstić information content (AvgIpc) is 3.04. The number of rotatable bonds is 9. The molecule has 0 aliphatic rings. The van der Waals surface area contributed by atoms with Gasteiger partial charge in [0.25, 0.3) is 0 Å². The van der Waals surface area contributed by atoms with Gasteiger partial charge in [-0.15, -0.1) is 11.3 Å². The Morgan fingerprint density at radius 2 is 1.88 bits per heavy atom. The molecule has 2 aromatic rings. The second kappa shape index (κ2) is 8.56. The molecular weight excluding hydrogens is 318 g/mol. The van der Waals surface area contributed by atoms with Gasteiger partial charge in [-0.05, 0) is 57.2 Å². The first-order valence-electron chi connectivity index (χ1n) is 8.47. The molecule has 0 fully saturated rings. The van der Waals surface area contributed by atoms with E-state index in [4.69, 9.17) is 5.73 Å². The minimum absolute atomic E-state index is 0.0246. The molecule has 1 atom stereocenters. The first-order chi connectivity index (χ1) is 11.4. The summed E-state index contributed by atoms with van der Waals surface area (Å²) in [6.45, 7) is 3.90. The zero-order valence-electron chi connectivity index (χ0n) is 14.5. The topological polar surface area (TPSA) is 63.3 Å². The van der Waals surface area contributed by atoms with E-state index in [9.17, 15) is 9.90 Å². The van der Waals surface area contributed by atoms with E-state index in [0.717, 1.165) is 29.0 Å². The van der Waals surface area contributed by atoms with Gasteiger partial charge in [-0.1, -0.05) is 29.8 Å². The highest BCUT2D eigenvalue weighted by molar-refractivity contribution is 7.14. The van der Waals surface area contributed by atoms with Crippen LogP contribution in [-0.4, -0.2) is 23.0 Å². The molecule has 2 rings (SSSR count). The number of aliphatic hydroxyl groups is 1. The molecule has 0 radical (unpaired) electrons. The van der Waals surface area contributed by atoms with Crippen LogP contribution >= 0.6 is 11.3 Å². The second-order valence-electron chi connectivity index (χ2n) is 6.84. The lowest BCUT2D eigenvalue weighted by molar-refractivity contribution is 0.0984. The largest absolute Gasteiger partial charge is 0.394 e. The first-order valence-corrected chi connectivity index (χ1v) is 9.28. The lowest BCUT2D eigenvalue weighted by Crippen LogP contribution is -2.40. The zero-order valence-corrected chi connectivity index (χ0v) is 15.4. The van der Waals surface area contributed by atoms with E-state index in [1.54, 1.807) is 11.3 Å². The van der Waals surface area contributed by atoms with Crippen LogP contribution in [0.3, 0.4) is 0 Å². The minimum atomic E-state index is -0.553. The molecule has 0 amide bonds. The summed E-state index contributed by atoms with van der Waals surface area (Å²) in [7, 11) is 0. The maximum absolute atomic E-state index is 12.3. The Labute approximate surface area is 148 Å². The van der Waals surface area contributed by atoms with Crippen LogP contribution in [0.5, 0.6) is 0 Å². The van der Waals surface area contributed by atoms with Crippen molar-refractivity contribution in [2.75, 3.05) is 6.61 Å². The molecule has 0 saturated heterocycles. The molecule has 3 nitrogen and oxygen atoms in total. The van der Waals surface area contributed by atoms with E-state index in [1.165, 1.54) is 11.1 Å². The van der Waals surface area contributed by atoms with E-state index in [1.807, 2.05) is 19.1 Å². The molecule has 0 aliphatic heterocycles. The highest BCUT2D eigenvalue weighted by Gasteiger charge is 2.17. The molecule has 0 saturated carbocycles. The van der Waals surface area contributed by atoms with Crippen LogP contribution in [0, 0.1) is 6.92 Å². The van der Waals surface area contributed by atoms with Gasteiger partial charge in [0.15, 0.2) is 5.78 Å². The minimum Gasteiger partial charge on any atom is -0.394 e. The van der Waals surface area contributed by atoms with Gasteiger partial charge < -0.3 is 10.8 Å². The molecule has 0 aliphatic carbocycles. The predicted molar refractivity (Wildman–Crippen MR) is 101 cm³/mol. The molecular formula is C20H27NO2S. The maximum Gasteiger partial charge on any atom is 0.172 e. The van der Waals surface area contributed by atoms with Gasteiger partial charge in [0.05, 0.1) is 11.5 Å². The van der Waals surface area contributed by atoms with Gasteiger partial charge >= 0.3 is 0 Å². The lowest BCUT2D eigenvalue weighted by atomic mass is 9.98. The van der Waals surface area contributed by atoms with Gasteiger partial charge in [0.1, 0.15) is 0 Å². The van der Waals surface area contributed by atoms with Crippen molar-refractivity contribution in [1.29, 1.82) is 0 Å². The lowest BCUT2D eigenvalue weighted by Gasteiger charge is -2.20. The Kier molecular flexibility index (Phi) is 6.72. The fourth-order valence-corrected chi connectivity index (χ4v) is 3.46. The van der Waals surface area contributed by atoms with Gasteiger partial charge in [0, 0.05) is 16.8 Å². The SMILES string of the molecule is Cc1ccc(CCCC(=O)c2ccc(CCC(C)(N)CO)s2)cc1. The Morgan fingerprint density at radius 3 is 2.54 bits per heavy atom. The summed E-state index contributed by atoms with van der Waals surface area (Å²) < 4.78 is 0. The Morgan fingerprint density at radius 1 is 1.17 bits per heavy atom. The van der Waals surface area contributed by atoms with E-state index >= 15 is 0 Å². The van der Waals surface area contributed by atoms with Crippen molar-refractivity contribution >= 4 is 17.1 Å². The summed E-state index contributed by atoms with van der Waals surface area (Å²) >= 11 is 1.55. The molecule has 130 valence electrons. The van der Waals surface area contributed by atoms with Crippen molar-refractivity contribution in [1.82, 2.24) is 0 Å². The molecule has 1 aromatic heterocycles. The van der Waals surface area contributed by atoms with Crippen molar-refractivity contribution in [2.45, 2.75) is 51.5 Å². The van der Waals surface area contributed by atoms with E-state index in [2.05, 4.69) is 31.2 Å². The highest BCUT2D eigenvalue weighted by atomic mass is 32.1. The van der Waals surface area contributed by atoms with E-state index in [-0.39, 0.29) is 12.4 Å². The number of nitrogens with two attached hydrogens (primary N) is 1. The number of carbonyl (C=O) groups excluding carboxylic acids is 1. The maximum atomic E-state index is 12.3. The summed E-state index contributed by atoms with van der Waals surface area (Å²) in [4.78, 5) is 14.3. The molecule has 0 spiro atoms. The smallest absolute Gasteiger partial charge is 0.172 e. The molecule has 0 bridgehead atoms. The van der Waals surface area contributed by atoms with Crippen molar-refractivity contribution in [3.8, 4) is 0 Å². The van der Waals surface area contributed by atoms with Crippen molar-refractivity contribution < 1.29 is 9.90 Å². The van der Waals surface area contributed by atoms with Crippen molar-refractivity contribution in [3.63, 3.8) is 0 Å². The number of carbonyl (C=O) groups is 1. The van der Waals surface area contributed by atoms with Crippen LogP contribution < -0.4 is 5.73 Å². The fourth-order valence-electron chi connectivity index (χ4n) is 2.48. The van der Waals surface area contributed by atoms with Crippen LogP contribution in [0.1, 0.15) is 51.9 Å². The van der Waals surface area contributed by atoms with Gasteiger partial charge in [-0.2, -0.15) is 0 Å². The van der Waals surface area contributed by atoms with E-state index < -0.39 is 5.54 Å². The van der Waals surface area contributed by atoms with Crippen LogP contribution in [0.4, 0.5) is 0 Å². The van der Waals surface area contributed by atoms with E-state index in [0.29, 0.717) is 12.8 Å². The number of ketones is 1. The van der Waals surface area contributed by atoms with Gasteiger partial charge in [0.2, 0.25) is 0 Å². The van der Waals surface area contributed by atoms with Crippen molar-refractivity contribution in [3.05, 3.63) is 57.3 Å². The number of Topliss-reactive ketones (excluding diaryl/α,β-unsaturated/α-hetero) is 1. The quantitative estimate of drug-likeness (QED) is 0.677. The summed E-state index contributed by atoms with van der Waals surface area (Å²) in [6.07, 6.45) is 3.91. The zero-order chi connectivity index (χ0) is 17.6. The third kappa shape index (κ3) is 5.86. The summed E-state index contributed by atoms with van der Waals surface area (Å²) in [5, 5.41) is 9.20. The summed E-state index contributed by atoms with van der Waals surface area (Å²) in [6, 6.07) is 12.4. The molecule has 4 heteroatoms. The van der Waals surface area contributed by atoms with Crippen LogP contribution in [0.25, 0.3) is 0 Å². The standard InChI is InChI=1S/C20H27NO2S/c1-15-6-8-16(9-7-15)4-3-5-18(23)19-11-10-17(24-19)12-13-20(2,21)14-22/h6-11,22H,3-5,12-14,21H2,1-2H3. The predicted octanol–water partition coefficient (Wildman–Crippen LogP) is 3.90. The average molecular weight is 346 g/mol. The molecule has 1 aromatic carbocycles. The molecule has 3 N–H and O–H groups in total. The molecule has 1 heterocycles. The number of aliphatic hydroxyl groups excluding tert-OH is 1. The third-order valence-corrected chi connectivity index (χ3v) is 5.42. The normalized spacial score (nSPS) is 13.7. The molecule has 1 unspecified atom stereocenters. The van der Waals surface area contributed by atoms with Crippen LogP contribution in [-0.2, 0) is 12.8 Å². The highest BCUT2D eigenvalue weighted by Crippen LogP contribution is 2.22. The van der Waals surface area contributed by atoms with Gasteiger partial charge in [-0.3, -0.25) is 4.79 Å². The Balaban J connectivity index is 1.79. The first kappa shape index (κ1) is 18.8. The Hall–Kier alpha value is -1.49. The summed E-state index contributed by atoms with van der Waals surface area (Å²) in [5.74, 6) is 0.219. The van der Waals surface area contributed by atoms with Crippen LogP contribution in [0.2, 0.25) is 0 Å². The number of aryl methyl sites for hydroxylation is 3. The summed E-state index contributed by atoms with van der Waals surface area (Å²) in [5.41, 5.74) is 7.94. The van der Waals surface area contributed by atoms with Crippen LogP contribution in [0.15, 0.2) is 36.4 Å². The fraction of sp³-hybridized carbons (Fsp3) is 0.450. The number of hydrogen-bond donors (Lipinski definition) is 2. The Bertz CT molecular complexity index is 659. The number of thiophene rings is 1. The second-order valence-corrected chi connectivity index (χ2v) is 8.01. The van der Waals surface area contributed by atoms with Crippen molar-refractivity contribution in [2.24, 2.45) is 5.73 Å². The monoisotopic (exact) mass is 345 g/mol. The third-order valence-electron chi connectivity index (χ3n) is 4.23. The van der Waals surface area contributed by atoms with Gasteiger partial charge in [-0.25, -0.2) is 0 Å². The number of benzene rings is 1.